The third-order valence-electron chi connectivity index (χ3n) is 4.70. The third kappa shape index (κ3) is 4.56. The first-order chi connectivity index (χ1) is 15.6. The van der Waals surface area contributed by atoms with Gasteiger partial charge in [0, 0.05) is 12.1 Å². The van der Waals surface area contributed by atoms with Crippen molar-refractivity contribution in [2.45, 2.75) is 12.7 Å². The monoisotopic (exact) mass is 463 g/mol. The van der Waals surface area contributed by atoms with E-state index in [9.17, 15) is 26.7 Å². The van der Waals surface area contributed by atoms with Crippen LogP contribution in [0.15, 0.2) is 63.5 Å². The number of carbonyl (C=O) groups excluding carboxylic acids is 1. The van der Waals surface area contributed by atoms with Gasteiger partial charge >= 0.3 is 6.18 Å². The van der Waals surface area contributed by atoms with Crippen LogP contribution in [0.25, 0.3) is 22.8 Å². The maximum Gasteiger partial charge on any atom is 0.416 e. The molecule has 11 heteroatoms. The van der Waals surface area contributed by atoms with E-state index in [-0.39, 0.29) is 40.8 Å². The maximum absolute atomic E-state index is 13.4. The number of nitrogens with two attached hydrogens (primary N) is 1. The molecule has 2 aromatic carbocycles. The van der Waals surface area contributed by atoms with Crippen LogP contribution in [0.5, 0.6) is 0 Å². The van der Waals surface area contributed by atoms with Gasteiger partial charge < -0.3 is 20.0 Å². The minimum Gasteiger partial charge on any atom is -0.454 e. The number of anilines is 1. The molecule has 4 aromatic rings. The van der Waals surface area contributed by atoms with E-state index >= 15 is 0 Å². The lowest BCUT2D eigenvalue weighted by atomic mass is 10.1. The average molecular weight is 463 g/mol. The van der Waals surface area contributed by atoms with E-state index in [1.807, 2.05) is 0 Å². The lowest BCUT2D eigenvalue weighted by Gasteiger charge is -2.07. The lowest BCUT2D eigenvalue weighted by Crippen LogP contribution is -2.24. The molecule has 6 nitrogen and oxygen atoms in total. The Balaban J connectivity index is 1.58. The van der Waals surface area contributed by atoms with E-state index in [1.54, 1.807) is 0 Å². The van der Waals surface area contributed by atoms with Gasteiger partial charge in [0.2, 0.25) is 5.88 Å². The van der Waals surface area contributed by atoms with E-state index < -0.39 is 29.3 Å². The largest absolute Gasteiger partial charge is 0.454 e. The molecule has 0 atom stereocenters. The van der Waals surface area contributed by atoms with Gasteiger partial charge in [0.05, 0.1) is 5.56 Å². The fraction of sp³-hybridized carbons (Fsp3) is 0.0909. The fourth-order valence-corrected chi connectivity index (χ4v) is 3.08. The Morgan fingerprint density at radius 2 is 1.76 bits per heavy atom. The Kier molecular flexibility index (Phi) is 5.62. The molecule has 0 aliphatic carbocycles. The van der Waals surface area contributed by atoms with Crippen LogP contribution >= 0.6 is 0 Å². The summed E-state index contributed by atoms with van der Waals surface area (Å²) in [4.78, 5) is 12.7. The van der Waals surface area contributed by atoms with Crippen LogP contribution in [0.2, 0.25) is 0 Å². The number of benzene rings is 2. The molecule has 0 saturated carbocycles. The number of nitrogens with one attached hydrogen (secondary N) is 1. The van der Waals surface area contributed by atoms with E-state index in [0.29, 0.717) is 5.56 Å². The molecule has 3 N–H and O–H groups in total. The van der Waals surface area contributed by atoms with Gasteiger partial charge in [0.25, 0.3) is 5.91 Å². The number of nitrogen functional groups attached to an aromatic ring is 1. The van der Waals surface area contributed by atoms with Crippen molar-refractivity contribution in [1.29, 1.82) is 0 Å². The number of amides is 1. The number of carbonyl (C=O) groups is 1. The normalized spacial score (nSPS) is 11.5. The second-order valence-electron chi connectivity index (χ2n) is 6.94. The quantitative estimate of drug-likeness (QED) is 0.386. The van der Waals surface area contributed by atoms with E-state index in [2.05, 4.69) is 10.5 Å². The van der Waals surface area contributed by atoms with Crippen LogP contribution in [-0.2, 0) is 12.7 Å². The minimum atomic E-state index is -4.52. The van der Waals surface area contributed by atoms with Crippen molar-refractivity contribution in [3.8, 4) is 22.8 Å². The standard InChI is InChI=1S/C22H14F5N3O3/c23-14-5-4-11(8-15(14)24)10-29-21(31)18-19(30-33-20(18)28)17-7-6-16(32-17)12-2-1-3-13(9-12)22(25,26)27/h1-9H,10,28H2,(H,29,31). The van der Waals surface area contributed by atoms with Gasteiger partial charge in [0.15, 0.2) is 23.1 Å². The molecule has 0 spiro atoms. The molecule has 170 valence electrons. The summed E-state index contributed by atoms with van der Waals surface area (Å²) >= 11 is 0. The highest BCUT2D eigenvalue weighted by Gasteiger charge is 2.31. The topological polar surface area (TPSA) is 94.3 Å². The highest BCUT2D eigenvalue weighted by Crippen LogP contribution is 2.35. The molecular formula is C22H14F5N3O3. The molecule has 0 fully saturated rings. The molecule has 0 aliphatic rings. The van der Waals surface area contributed by atoms with Crippen molar-refractivity contribution in [2.75, 3.05) is 5.73 Å². The SMILES string of the molecule is Nc1onc(-c2ccc(-c3cccc(C(F)(F)F)c3)o2)c1C(=O)NCc1ccc(F)c(F)c1. The first kappa shape index (κ1) is 22.1. The van der Waals surface area contributed by atoms with Gasteiger partial charge in [-0.1, -0.05) is 23.4 Å². The highest BCUT2D eigenvalue weighted by atomic mass is 19.4. The third-order valence-corrected chi connectivity index (χ3v) is 4.70. The van der Waals surface area contributed by atoms with Gasteiger partial charge in [-0.3, -0.25) is 4.79 Å². The average Bonchev–Trinajstić information content (AvgIpc) is 3.41. The molecule has 4 rings (SSSR count). The van der Waals surface area contributed by atoms with Crippen LogP contribution in [0.4, 0.5) is 27.8 Å². The van der Waals surface area contributed by atoms with Crippen molar-refractivity contribution >= 4 is 11.8 Å². The first-order valence-electron chi connectivity index (χ1n) is 9.38. The summed E-state index contributed by atoms with van der Waals surface area (Å²) in [5, 5.41) is 6.19. The summed E-state index contributed by atoms with van der Waals surface area (Å²) in [5.74, 6) is -3.02. The van der Waals surface area contributed by atoms with Gasteiger partial charge in [0.1, 0.15) is 11.3 Å². The number of hydrogen-bond donors (Lipinski definition) is 2. The summed E-state index contributed by atoms with van der Waals surface area (Å²) in [5.41, 5.74) is 5.07. The van der Waals surface area contributed by atoms with Gasteiger partial charge in [-0.05, 0) is 42.0 Å². The number of rotatable bonds is 5. The predicted molar refractivity (Wildman–Crippen MR) is 107 cm³/mol. The Bertz CT molecular complexity index is 1330. The molecule has 2 heterocycles. The van der Waals surface area contributed by atoms with Crippen molar-refractivity contribution < 1.29 is 35.7 Å². The van der Waals surface area contributed by atoms with Gasteiger partial charge in [-0.25, -0.2) is 8.78 Å². The Morgan fingerprint density at radius 1 is 1.00 bits per heavy atom. The predicted octanol–water partition coefficient (Wildman–Crippen LogP) is 5.41. The van der Waals surface area contributed by atoms with Crippen LogP contribution < -0.4 is 11.1 Å². The minimum absolute atomic E-state index is 0.0286. The van der Waals surface area contributed by atoms with Gasteiger partial charge in [-0.15, -0.1) is 0 Å². The smallest absolute Gasteiger partial charge is 0.416 e. The van der Waals surface area contributed by atoms with Crippen LogP contribution in [0, 0.1) is 11.6 Å². The molecule has 0 saturated heterocycles. The summed E-state index contributed by atoms with van der Waals surface area (Å²) in [6, 6.07) is 10.5. The highest BCUT2D eigenvalue weighted by molar-refractivity contribution is 6.03. The van der Waals surface area contributed by atoms with E-state index in [1.165, 1.54) is 30.3 Å². The Morgan fingerprint density at radius 3 is 2.48 bits per heavy atom. The zero-order valence-electron chi connectivity index (χ0n) is 16.5. The number of alkyl halides is 3. The summed E-state index contributed by atoms with van der Waals surface area (Å²) < 4.78 is 75.8. The van der Waals surface area contributed by atoms with Crippen LogP contribution in [0.1, 0.15) is 21.5 Å². The molecule has 0 unspecified atom stereocenters. The number of halogens is 5. The summed E-state index contributed by atoms with van der Waals surface area (Å²) in [7, 11) is 0. The van der Waals surface area contributed by atoms with Crippen molar-refractivity contribution in [3.63, 3.8) is 0 Å². The molecule has 0 bridgehead atoms. The Hall–Kier alpha value is -4.15. The molecule has 33 heavy (non-hydrogen) atoms. The van der Waals surface area contributed by atoms with Crippen LogP contribution in [0.3, 0.4) is 0 Å². The molecule has 2 aromatic heterocycles. The summed E-state index contributed by atoms with van der Waals surface area (Å²) in [6.07, 6.45) is -4.52. The van der Waals surface area contributed by atoms with Crippen molar-refractivity contribution in [3.05, 3.63) is 82.9 Å². The number of hydrogen-bond acceptors (Lipinski definition) is 5. The molecular weight excluding hydrogens is 449 g/mol. The van der Waals surface area contributed by atoms with E-state index in [0.717, 1.165) is 24.3 Å². The van der Waals surface area contributed by atoms with E-state index in [4.69, 9.17) is 14.7 Å². The zero-order chi connectivity index (χ0) is 23.8. The molecule has 1 amide bonds. The number of nitrogens with zero attached hydrogens (tertiary/aromatic N) is 1. The maximum atomic E-state index is 13.4. The zero-order valence-corrected chi connectivity index (χ0v) is 16.5. The second kappa shape index (κ2) is 8.41. The lowest BCUT2D eigenvalue weighted by molar-refractivity contribution is -0.137. The number of furan rings is 1. The first-order valence-corrected chi connectivity index (χ1v) is 9.38. The number of aromatic nitrogens is 1. The van der Waals surface area contributed by atoms with Crippen molar-refractivity contribution in [1.82, 2.24) is 10.5 Å². The van der Waals surface area contributed by atoms with Crippen molar-refractivity contribution in [2.24, 2.45) is 0 Å². The molecule has 0 aliphatic heterocycles. The van der Waals surface area contributed by atoms with Crippen LogP contribution in [-0.4, -0.2) is 11.1 Å². The Labute approximate surface area is 182 Å². The second-order valence-corrected chi connectivity index (χ2v) is 6.94. The summed E-state index contributed by atoms with van der Waals surface area (Å²) in [6.45, 7) is -0.145. The van der Waals surface area contributed by atoms with Gasteiger partial charge in [-0.2, -0.15) is 13.2 Å². The fourth-order valence-electron chi connectivity index (χ4n) is 3.08. The molecule has 0 radical (unpaired) electrons.